The van der Waals surface area contributed by atoms with Crippen LogP contribution < -0.4 is 0 Å². The van der Waals surface area contributed by atoms with E-state index in [1.165, 1.54) is 0 Å². The lowest BCUT2D eigenvalue weighted by atomic mass is 9.87. The van der Waals surface area contributed by atoms with Gasteiger partial charge in [-0.25, -0.2) is 0 Å². The minimum Gasteiger partial charge on any atom is -0.361 e. The van der Waals surface area contributed by atoms with Crippen molar-refractivity contribution in [1.82, 2.24) is 14.8 Å². The summed E-state index contributed by atoms with van der Waals surface area (Å²) in [5.74, 6) is -0.347. The summed E-state index contributed by atoms with van der Waals surface area (Å²) in [6.45, 7) is 0.867. The maximum Gasteiger partial charge on any atom is 0.272 e. The Balaban J connectivity index is 1.70. The van der Waals surface area contributed by atoms with Crippen LogP contribution >= 0.6 is 0 Å². The molecule has 3 aromatic rings. The van der Waals surface area contributed by atoms with Crippen LogP contribution in [0.2, 0.25) is 0 Å². The number of rotatable bonds is 5. The lowest BCUT2D eigenvalue weighted by molar-refractivity contribution is -0.165. The molecule has 4 rings (SSSR count). The van der Waals surface area contributed by atoms with Crippen LogP contribution in [-0.4, -0.2) is 66.0 Å². The third-order valence-electron chi connectivity index (χ3n) is 5.73. The van der Waals surface area contributed by atoms with Gasteiger partial charge >= 0.3 is 0 Å². The van der Waals surface area contributed by atoms with Crippen molar-refractivity contribution in [3.8, 4) is 11.1 Å². The normalized spacial score (nSPS) is 18.2. The zero-order chi connectivity index (χ0) is 22.6. The van der Waals surface area contributed by atoms with Crippen molar-refractivity contribution in [2.75, 3.05) is 33.8 Å². The summed E-state index contributed by atoms with van der Waals surface area (Å²) < 4.78 is 6.19. The van der Waals surface area contributed by atoms with Gasteiger partial charge in [-0.05, 0) is 28.8 Å². The Morgan fingerprint density at radius 1 is 1.00 bits per heavy atom. The van der Waals surface area contributed by atoms with Crippen molar-refractivity contribution in [2.24, 2.45) is 0 Å². The molecule has 164 valence electrons. The molecule has 6 heteroatoms. The van der Waals surface area contributed by atoms with Crippen molar-refractivity contribution in [2.45, 2.75) is 12.0 Å². The van der Waals surface area contributed by atoms with E-state index in [-0.39, 0.29) is 25.0 Å². The molecule has 0 saturated carbocycles. The Bertz CT molecular complexity index is 1090. The van der Waals surface area contributed by atoms with Gasteiger partial charge in [0.2, 0.25) is 0 Å². The van der Waals surface area contributed by atoms with Crippen LogP contribution in [0.1, 0.15) is 16.1 Å². The minimum atomic E-state index is -1.17. The molecule has 2 amide bonds. The van der Waals surface area contributed by atoms with E-state index in [2.05, 4.69) is 23.2 Å². The van der Waals surface area contributed by atoms with Gasteiger partial charge < -0.3 is 14.5 Å². The molecule has 1 aromatic heterocycles. The second kappa shape index (κ2) is 9.32. The molecule has 1 aliphatic heterocycles. The third-order valence-corrected chi connectivity index (χ3v) is 5.73. The Hall–Kier alpha value is -3.51. The van der Waals surface area contributed by atoms with Gasteiger partial charge in [-0.1, -0.05) is 60.7 Å². The fourth-order valence-corrected chi connectivity index (χ4v) is 4.21. The molecule has 0 aliphatic carbocycles. The predicted molar refractivity (Wildman–Crippen MR) is 123 cm³/mol. The van der Waals surface area contributed by atoms with Gasteiger partial charge in [-0.2, -0.15) is 0 Å². The minimum absolute atomic E-state index is 0.154. The van der Waals surface area contributed by atoms with Crippen LogP contribution in [0.15, 0.2) is 79.0 Å². The topological polar surface area (TPSA) is 62.7 Å². The van der Waals surface area contributed by atoms with Crippen molar-refractivity contribution in [3.05, 3.63) is 90.3 Å². The summed E-state index contributed by atoms with van der Waals surface area (Å²) in [6, 6.07) is 23.4. The largest absolute Gasteiger partial charge is 0.361 e. The molecule has 0 bridgehead atoms. The number of hydrogen-bond acceptors (Lipinski definition) is 4. The number of benzene rings is 2. The monoisotopic (exact) mass is 429 g/mol. The molecule has 2 aromatic carbocycles. The second-order valence-electron chi connectivity index (χ2n) is 8.18. The summed E-state index contributed by atoms with van der Waals surface area (Å²) in [5.41, 5.74) is 2.33. The summed E-state index contributed by atoms with van der Waals surface area (Å²) in [5, 5.41) is 0. The van der Waals surface area contributed by atoms with Crippen LogP contribution in [0.4, 0.5) is 0 Å². The van der Waals surface area contributed by atoms with E-state index in [1.54, 1.807) is 48.3 Å². The number of carbonyl (C=O) groups excluding carboxylic acids is 2. The molecule has 1 saturated heterocycles. The highest BCUT2D eigenvalue weighted by atomic mass is 16.5. The smallest absolute Gasteiger partial charge is 0.272 e. The average molecular weight is 430 g/mol. The Kier molecular flexibility index (Phi) is 6.32. The van der Waals surface area contributed by atoms with Crippen molar-refractivity contribution in [3.63, 3.8) is 0 Å². The molecule has 6 nitrogen and oxygen atoms in total. The molecule has 2 heterocycles. The van der Waals surface area contributed by atoms with E-state index >= 15 is 0 Å². The number of likely N-dealkylation sites (N-methyl/N-ethyl adjacent to an activating group) is 1. The van der Waals surface area contributed by atoms with Crippen LogP contribution in [0.3, 0.4) is 0 Å². The van der Waals surface area contributed by atoms with Crippen LogP contribution in [-0.2, 0) is 16.0 Å². The van der Waals surface area contributed by atoms with Crippen molar-refractivity contribution >= 4 is 11.8 Å². The van der Waals surface area contributed by atoms with Gasteiger partial charge in [0, 0.05) is 33.3 Å². The van der Waals surface area contributed by atoms with Gasteiger partial charge in [0.25, 0.3) is 11.8 Å². The molecular formula is C26H27N3O3. The zero-order valence-corrected chi connectivity index (χ0v) is 18.4. The Labute approximate surface area is 188 Å². The fourth-order valence-electron chi connectivity index (χ4n) is 4.21. The van der Waals surface area contributed by atoms with E-state index in [1.807, 2.05) is 36.4 Å². The van der Waals surface area contributed by atoms with E-state index in [0.29, 0.717) is 18.7 Å². The number of pyridine rings is 1. The van der Waals surface area contributed by atoms with Crippen molar-refractivity contribution < 1.29 is 14.3 Å². The highest BCUT2D eigenvalue weighted by Gasteiger charge is 2.46. The molecular weight excluding hydrogens is 402 g/mol. The number of morpholine rings is 1. The highest BCUT2D eigenvalue weighted by Crippen LogP contribution is 2.31. The van der Waals surface area contributed by atoms with E-state index in [0.717, 1.165) is 16.7 Å². The summed E-state index contributed by atoms with van der Waals surface area (Å²) in [6.07, 6.45) is 1.96. The third kappa shape index (κ3) is 4.41. The van der Waals surface area contributed by atoms with Gasteiger partial charge in [-0.3, -0.25) is 14.6 Å². The van der Waals surface area contributed by atoms with E-state index < -0.39 is 5.60 Å². The summed E-state index contributed by atoms with van der Waals surface area (Å²) in [7, 11) is 3.44. The molecule has 1 aliphatic rings. The fraction of sp³-hybridized carbons (Fsp3) is 0.269. The Morgan fingerprint density at radius 2 is 1.72 bits per heavy atom. The lowest BCUT2D eigenvalue weighted by Gasteiger charge is -2.43. The molecule has 1 unspecified atom stereocenters. The van der Waals surface area contributed by atoms with Crippen LogP contribution in [0.25, 0.3) is 11.1 Å². The molecule has 1 fully saturated rings. The lowest BCUT2D eigenvalue weighted by Crippen LogP contribution is -2.61. The molecule has 0 radical (unpaired) electrons. The van der Waals surface area contributed by atoms with Crippen molar-refractivity contribution in [1.29, 1.82) is 0 Å². The molecule has 0 N–H and O–H groups in total. The van der Waals surface area contributed by atoms with Crippen LogP contribution in [0.5, 0.6) is 0 Å². The highest BCUT2D eigenvalue weighted by molar-refractivity contribution is 5.94. The quantitative estimate of drug-likeness (QED) is 0.624. The predicted octanol–water partition coefficient (Wildman–Crippen LogP) is 3.29. The number of aromatic nitrogens is 1. The first kappa shape index (κ1) is 21.7. The first-order chi connectivity index (χ1) is 15.5. The van der Waals surface area contributed by atoms with Crippen LogP contribution in [0, 0.1) is 0 Å². The van der Waals surface area contributed by atoms with Gasteiger partial charge in [0.1, 0.15) is 5.69 Å². The van der Waals surface area contributed by atoms with Gasteiger partial charge in [0.15, 0.2) is 5.60 Å². The molecule has 1 atom stereocenters. The van der Waals surface area contributed by atoms with E-state index in [4.69, 9.17) is 4.74 Å². The average Bonchev–Trinajstić information content (AvgIpc) is 2.84. The number of hydrogen-bond donors (Lipinski definition) is 0. The number of amides is 2. The number of ether oxygens (including phenoxy) is 1. The van der Waals surface area contributed by atoms with E-state index in [9.17, 15) is 9.59 Å². The first-order valence-corrected chi connectivity index (χ1v) is 10.7. The van der Waals surface area contributed by atoms with Gasteiger partial charge in [0.05, 0.1) is 13.2 Å². The maximum absolute atomic E-state index is 13.4. The molecule has 32 heavy (non-hydrogen) atoms. The molecule has 0 spiro atoms. The van der Waals surface area contributed by atoms with Gasteiger partial charge in [-0.15, -0.1) is 0 Å². The standard InChI is InChI=1S/C26H27N3O3/c1-28(2)25(31)26(18-21-12-6-7-13-22(21)20-10-4-3-5-11-20)19-29(16-17-32-26)24(30)23-14-8-9-15-27-23/h3-15H,16-19H2,1-2H3. The first-order valence-electron chi connectivity index (χ1n) is 10.7. The SMILES string of the molecule is CN(C)C(=O)C1(Cc2ccccc2-c2ccccc2)CN(C(=O)c2ccccn2)CCO1. The summed E-state index contributed by atoms with van der Waals surface area (Å²) >= 11 is 0. The maximum atomic E-state index is 13.4. The summed E-state index contributed by atoms with van der Waals surface area (Å²) in [4.78, 5) is 33.9. The second-order valence-corrected chi connectivity index (χ2v) is 8.18. The number of nitrogens with zero attached hydrogens (tertiary/aromatic N) is 3. The zero-order valence-electron chi connectivity index (χ0n) is 18.4. The Morgan fingerprint density at radius 3 is 2.44 bits per heavy atom. The number of carbonyl (C=O) groups is 2.